The summed E-state index contributed by atoms with van der Waals surface area (Å²) in [5.41, 5.74) is 0. The first-order valence-corrected chi connectivity index (χ1v) is 30.5. The second-order valence-corrected chi connectivity index (χ2v) is 20.6. The van der Waals surface area contributed by atoms with Crippen molar-refractivity contribution in [1.82, 2.24) is 0 Å². The van der Waals surface area contributed by atoms with E-state index < -0.39 is 6.10 Å². The molecule has 0 amide bonds. The monoisotopic (exact) mass is 969 g/mol. The van der Waals surface area contributed by atoms with Gasteiger partial charge in [0.2, 0.25) is 0 Å². The minimum Gasteiger partial charge on any atom is -0.462 e. The van der Waals surface area contributed by atoms with Gasteiger partial charge in [-0.15, -0.1) is 0 Å². The lowest BCUT2D eigenvalue weighted by atomic mass is 10.0. The summed E-state index contributed by atoms with van der Waals surface area (Å²) in [7, 11) is 0. The van der Waals surface area contributed by atoms with Gasteiger partial charge in [0.05, 0.1) is 0 Å². The molecule has 0 radical (unpaired) electrons. The van der Waals surface area contributed by atoms with Crippen molar-refractivity contribution in [3.63, 3.8) is 0 Å². The van der Waals surface area contributed by atoms with E-state index in [1.165, 1.54) is 212 Å². The smallest absolute Gasteiger partial charge is 0.306 e. The fraction of sp³-hybridized carbons (Fsp3) is 0.857. The van der Waals surface area contributed by atoms with E-state index in [4.69, 9.17) is 14.2 Å². The lowest BCUT2D eigenvalue weighted by Gasteiger charge is -2.18. The Kier molecular flexibility index (Phi) is 56.2. The summed E-state index contributed by atoms with van der Waals surface area (Å²) >= 11 is 0. The summed E-state index contributed by atoms with van der Waals surface area (Å²) in [6, 6.07) is 0. The largest absolute Gasteiger partial charge is 0.462 e. The number of carbonyl (C=O) groups excluding carboxylic acids is 3. The van der Waals surface area contributed by atoms with Crippen molar-refractivity contribution in [3.05, 3.63) is 36.5 Å². The van der Waals surface area contributed by atoms with E-state index in [0.29, 0.717) is 19.3 Å². The zero-order valence-corrected chi connectivity index (χ0v) is 46.3. The molecule has 0 aromatic heterocycles. The molecule has 0 fully saturated rings. The standard InChI is InChI=1S/C63H116O6/c1-4-7-10-13-16-19-22-25-28-31-33-35-38-41-44-47-50-53-56-62(65)68-59-60(58-67-61(64)55-52-49-46-43-40-37-34-30-27-24-21-18-15-12-9-6-3)69-63(66)57-54-51-48-45-42-39-36-32-29-26-23-20-17-14-11-8-5-2/h17,20,26,29-30,34,60H,4-16,18-19,21-25,27-28,31-33,35-59H2,1-3H3/b20-17-,29-26-,34-30-. The van der Waals surface area contributed by atoms with E-state index in [0.717, 1.165) is 77.0 Å². The molecule has 0 spiro atoms. The van der Waals surface area contributed by atoms with E-state index >= 15 is 0 Å². The molecule has 0 aromatic rings. The number of carbonyl (C=O) groups is 3. The molecular weight excluding hydrogens is 853 g/mol. The van der Waals surface area contributed by atoms with Crippen LogP contribution in [0, 0.1) is 0 Å². The van der Waals surface area contributed by atoms with Crippen LogP contribution in [-0.4, -0.2) is 37.2 Å². The summed E-state index contributed by atoms with van der Waals surface area (Å²) in [6.07, 6.45) is 69.9. The van der Waals surface area contributed by atoms with Crippen LogP contribution in [0.5, 0.6) is 0 Å². The van der Waals surface area contributed by atoms with Gasteiger partial charge >= 0.3 is 17.9 Å². The number of hydrogen-bond acceptors (Lipinski definition) is 6. The molecule has 404 valence electrons. The maximum Gasteiger partial charge on any atom is 0.306 e. The van der Waals surface area contributed by atoms with Gasteiger partial charge in [-0.25, -0.2) is 0 Å². The molecular formula is C63H116O6. The van der Waals surface area contributed by atoms with Crippen molar-refractivity contribution in [2.24, 2.45) is 0 Å². The maximum atomic E-state index is 12.9. The third-order valence-corrected chi connectivity index (χ3v) is 13.6. The predicted octanol–water partition coefficient (Wildman–Crippen LogP) is 20.4. The van der Waals surface area contributed by atoms with Gasteiger partial charge in [-0.1, -0.05) is 269 Å². The van der Waals surface area contributed by atoms with Crippen LogP contribution in [0.4, 0.5) is 0 Å². The van der Waals surface area contributed by atoms with Crippen LogP contribution in [0.15, 0.2) is 36.5 Å². The van der Waals surface area contributed by atoms with E-state index in [-0.39, 0.29) is 31.1 Å². The van der Waals surface area contributed by atoms with Crippen molar-refractivity contribution in [3.8, 4) is 0 Å². The van der Waals surface area contributed by atoms with Gasteiger partial charge in [0, 0.05) is 19.3 Å². The Hall–Kier alpha value is -2.37. The van der Waals surface area contributed by atoms with E-state index in [1.54, 1.807) is 0 Å². The summed E-state index contributed by atoms with van der Waals surface area (Å²) in [6.45, 7) is 6.65. The number of hydrogen-bond donors (Lipinski definition) is 0. The van der Waals surface area contributed by atoms with E-state index in [2.05, 4.69) is 57.2 Å². The van der Waals surface area contributed by atoms with Crippen molar-refractivity contribution in [1.29, 1.82) is 0 Å². The average molecular weight is 970 g/mol. The SMILES string of the molecule is CCCCC/C=C\C/C=C\CCCCCCCCCC(=O)OC(COC(=O)CCCCCCC/C=C\CCCCCCCCC)COC(=O)CCCCCCCCCCCCCCCCCCCC. The van der Waals surface area contributed by atoms with Gasteiger partial charge in [0.1, 0.15) is 13.2 Å². The zero-order chi connectivity index (χ0) is 50.0. The molecule has 0 bridgehead atoms. The number of rotatable bonds is 56. The van der Waals surface area contributed by atoms with Crippen molar-refractivity contribution < 1.29 is 28.6 Å². The molecule has 0 aromatic carbocycles. The molecule has 0 N–H and O–H groups in total. The fourth-order valence-electron chi connectivity index (χ4n) is 9.00. The van der Waals surface area contributed by atoms with Crippen LogP contribution in [0.25, 0.3) is 0 Å². The molecule has 0 aliphatic carbocycles. The normalized spacial score (nSPS) is 12.2. The second kappa shape index (κ2) is 58.2. The highest BCUT2D eigenvalue weighted by Crippen LogP contribution is 2.17. The maximum absolute atomic E-state index is 12.9. The van der Waals surface area contributed by atoms with Gasteiger partial charge in [-0.2, -0.15) is 0 Å². The first-order chi connectivity index (χ1) is 34.0. The minimum atomic E-state index is -0.777. The predicted molar refractivity (Wildman–Crippen MR) is 298 cm³/mol. The molecule has 0 heterocycles. The number of unbranched alkanes of at least 4 members (excludes halogenated alkanes) is 39. The van der Waals surface area contributed by atoms with Crippen LogP contribution in [0.3, 0.4) is 0 Å². The molecule has 1 unspecified atom stereocenters. The van der Waals surface area contributed by atoms with Gasteiger partial charge in [0.15, 0.2) is 6.10 Å². The van der Waals surface area contributed by atoms with Crippen molar-refractivity contribution in [2.75, 3.05) is 13.2 Å². The Morgan fingerprint density at radius 1 is 0.290 bits per heavy atom. The quantitative estimate of drug-likeness (QED) is 0.0261. The lowest BCUT2D eigenvalue weighted by molar-refractivity contribution is -0.167. The molecule has 6 nitrogen and oxygen atoms in total. The first kappa shape index (κ1) is 66.6. The Labute approximate surface area is 429 Å². The number of ether oxygens (including phenoxy) is 3. The van der Waals surface area contributed by atoms with Gasteiger partial charge in [-0.05, 0) is 77.0 Å². The molecule has 6 heteroatoms. The van der Waals surface area contributed by atoms with Gasteiger partial charge in [0.25, 0.3) is 0 Å². The van der Waals surface area contributed by atoms with E-state index in [1.807, 2.05) is 0 Å². The number of esters is 3. The van der Waals surface area contributed by atoms with Crippen LogP contribution in [0.1, 0.15) is 329 Å². The molecule has 0 aliphatic rings. The second-order valence-electron chi connectivity index (χ2n) is 20.6. The van der Waals surface area contributed by atoms with Crippen LogP contribution in [-0.2, 0) is 28.6 Å². The summed E-state index contributed by atoms with van der Waals surface area (Å²) in [5.74, 6) is -0.870. The Morgan fingerprint density at radius 2 is 0.522 bits per heavy atom. The Bertz CT molecular complexity index is 1160. The van der Waals surface area contributed by atoms with Crippen molar-refractivity contribution in [2.45, 2.75) is 335 Å². The third kappa shape index (κ3) is 56.4. The highest BCUT2D eigenvalue weighted by atomic mass is 16.6. The van der Waals surface area contributed by atoms with Gasteiger partial charge < -0.3 is 14.2 Å². The minimum absolute atomic E-state index is 0.0741. The first-order valence-electron chi connectivity index (χ1n) is 30.5. The Balaban J connectivity index is 4.35. The molecule has 0 saturated heterocycles. The van der Waals surface area contributed by atoms with Crippen LogP contribution >= 0.6 is 0 Å². The highest BCUT2D eigenvalue weighted by Gasteiger charge is 2.19. The van der Waals surface area contributed by atoms with Crippen LogP contribution < -0.4 is 0 Å². The summed E-state index contributed by atoms with van der Waals surface area (Å²) < 4.78 is 16.9. The number of allylic oxidation sites excluding steroid dienone is 6. The third-order valence-electron chi connectivity index (χ3n) is 13.6. The fourth-order valence-corrected chi connectivity index (χ4v) is 9.00. The highest BCUT2D eigenvalue weighted by molar-refractivity contribution is 5.71. The van der Waals surface area contributed by atoms with Crippen molar-refractivity contribution >= 4 is 17.9 Å². The summed E-state index contributed by atoms with van der Waals surface area (Å²) in [4.78, 5) is 38.2. The van der Waals surface area contributed by atoms with Gasteiger partial charge in [-0.3, -0.25) is 14.4 Å². The molecule has 1 atom stereocenters. The van der Waals surface area contributed by atoms with E-state index in [9.17, 15) is 14.4 Å². The topological polar surface area (TPSA) is 78.9 Å². The molecule has 0 rings (SSSR count). The summed E-state index contributed by atoms with van der Waals surface area (Å²) in [5, 5.41) is 0. The molecule has 0 aliphatic heterocycles. The lowest BCUT2D eigenvalue weighted by Crippen LogP contribution is -2.30. The molecule has 0 saturated carbocycles. The molecule has 69 heavy (non-hydrogen) atoms. The zero-order valence-electron chi connectivity index (χ0n) is 46.3. The Morgan fingerprint density at radius 3 is 0.841 bits per heavy atom. The average Bonchev–Trinajstić information content (AvgIpc) is 3.35. The van der Waals surface area contributed by atoms with Crippen LogP contribution in [0.2, 0.25) is 0 Å².